The van der Waals surface area contributed by atoms with E-state index in [9.17, 15) is 9.59 Å². The monoisotopic (exact) mass is 318 g/mol. The molecular weight excluding hydrogens is 292 g/mol. The van der Waals surface area contributed by atoms with Crippen LogP contribution < -0.4 is 4.90 Å². The molecule has 0 N–H and O–H groups in total. The third-order valence-electron chi connectivity index (χ3n) is 4.72. The van der Waals surface area contributed by atoms with Crippen molar-refractivity contribution >= 4 is 17.6 Å². The second-order valence-electron chi connectivity index (χ2n) is 6.56. The second kappa shape index (κ2) is 7.15. The molecule has 1 aromatic rings. The van der Waals surface area contributed by atoms with Crippen LogP contribution in [0, 0.1) is 6.92 Å². The first kappa shape index (κ1) is 16.0. The molecular formula is C17H26N4O2. The molecule has 0 atom stereocenters. The SMILES string of the molecule is Cc1cc2n(n1)CCCN2C(=O)CCC(=O)N1CCCCCC1. The predicted octanol–water partition coefficient (Wildman–Crippen LogP) is 2.11. The van der Waals surface area contributed by atoms with Gasteiger partial charge in [-0.05, 0) is 26.2 Å². The van der Waals surface area contributed by atoms with Crippen molar-refractivity contribution < 1.29 is 9.59 Å². The minimum Gasteiger partial charge on any atom is -0.343 e. The lowest BCUT2D eigenvalue weighted by molar-refractivity contribution is -0.133. The van der Waals surface area contributed by atoms with Crippen molar-refractivity contribution in [1.82, 2.24) is 14.7 Å². The van der Waals surface area contributed by atoms with E-state index in [0.717, 1.165) is 57.0 Å². The van der Waals surface area contributed by atoms with Crippen molar-refractivity contribution in [2.75, 3.05) is 24.5 Å². The third-order valence-corrected chi connectivity index (χ3v) is 4.72. The number of carbonyl (C=O) groups is 2. The van der Waals surface area contributed by atoms with E-state index in [-0.39, 0.29) is 11.8 Å². The normalized spacial score (nSPS) is 18.5. The van der Waals surface area contributed by atoms with E-state index in [4.69, 9.17) is 0 Å². The summed E-state index contributed by atoms with van der Waals surface area (Å²) in [6.45, 7) is 5.23. The number of carbonyl (C=O) groups excluding carboxylic acids is 2. The molecule has 126 valence electrons. The van der Waals surface area contributed by atoms with Crippen molar-refractivity contribution in [3.63, 3.8) is 0 Å². The van der Waals surface area contributed by atoms with E-state index in [1.165, 1.54) is 12.8 Å². The minimum absolute atomic E-state index is 0.0361. The van der Waals surface area contributed by atoms with Gasteiger partial charge in [-0.15, -0.1) is 0 Å². The molecule has 0 aromatic carbocycles. The average molecular weight is 318 g/mol. The molecule has 3 rings (SSSR count). The Hall–Kier alpha value is -1.85. The van der Waals surface area contributed by atoms with Gasteiger partial charge in [0.2, 0.25) is 11.8 Å². The summed E-state index contributed by atoms with van der Waals surface area (Å²) in [4.78, 5) is 28.6. The van der Waals surface area contributed by atoms with Crippen molar-refractivity contribution in [1.29, 1.82) is 0 Å². The highest BCUT2D eigenvalue weighted by Gasteiger charge is 2.25. The molecule has 1 aromatic heterocycles. The topological polar surface area (TPSA) is 58.4 Å². The van der Waals surface area contributed by atoms with Gasteiger partial charge in [0.15, 0.2) is 0 Å². The Balaban J connectivity index is 1.56. The van der Waals surface area contributed by atoms with Crippen LogP contribution in [-0.4, -0.2) is 46.1 Å². The van der Waals surface area contributed by atoms with E-state index in [0.29, 0.717) is 12.8 Å². The van der Waals surface area contributed by atoms with Crippen molar-refractivity contribution in [2.45, 2.75) is 58.4 Å². The minimum atomic E-state index is 0.0361. The van der Waals surface area contributed by atoms with Crippen LogP contribution in [0.2, 0.25) is 0 Å². The zero-order valence-corrected chi connectivity index (χ0v) is 14.0. The zero-order valence-electron chi connectivity index (χ0n) is 14.0. The van der Waals surface area contributed by atoms with E-state index in [1.54, 1.807) is 4.90 Å². The van der Waals surface area contributed by atoms with Crippen LogP contribution in [0.4, 0.5) is 5.82 Å². The maximum absolute atomic E-state index is 12.5. The number of hydrogen-bond acceptors (Lipinski definition) is 3. The van der Waals surface area contributed by atoms with Gasteiger partial charge in [-0.3, -0.25) is 14.5 Å². The zero-order chi connectivity index (χ0) is 16.2. The van der Waals surface area contributed by atoms with E-state index in [2.05, 4.69) is 5.10 Å². The summed E-state index contributed by atoms with van der Waals surface area (Å²) in [6.07, 6.45) is 6.12. The van der Waals surface area contributed by atoms with E-state index < -0.39 is 0 Å². The summed E-state index contributed by atoms with van der Waals surface area (Å²) in [5.41, 5.74) is 0.931. The lowest BCUT2D eigenvalue weighted by Crippen LogP contribution is -2.38. The Labute approximate surface area is 137 Å². The van der Waals surface area contributed by atoms with Gasteiger partial charge in [0.1, 0.15) is 5.82 Å². The fourth-order valence-corrected chi connectivity index (χ4v) is 3.49. The molecule has 2 amide bonds. The molecule has 0 unspecified atom stereocenters. The second-order valence-corrected chi connectivity index (χ2v) is 6.56. The molecule has 2 aliphatic heterocycles. The number of aromatic nitrogens is 2. The van der Waals surface area contributed by atoms with Gasteiger partial charge in [-0.2, -0.15) is 5.10 Å². The van der Waals surface area contributed by atoms with Gasteiger partial charge in [0, 0.05) is 45.1 Å². The van der Waals surface area contributed by atoms with Gasteiger partial charge < -0.3 is 4.90 Å². The first-order chi connectivity index (χ1) is 11.1. The molecule has 0 aliphatic carbocycles. The van der Waals surface area contributed by atoms with Crippen LogP contribution in [0.1, 0.15) is 50.6 Å². The molecule has 6 nitrogen and oxygen atoms in total. The summed E-state index contributed by atoms with van der Waals surface area (Å²) in [6, 6.07) is 1.95. The Bertz CT molecular complexity index is 573. The number of hydrogen-bond donors (Lipinski definition) is 0. The van der Waals surface area contributed by atoms with Gasteiger partial charge in [0.05, 0.1) is 5.69 Å². The quantitative estimate of drug-likeness (QED) is 0.857. The largest absolute Gasteiger partial charge is 0.343 e. The highest BCUT2D eigenvalue weighted by molar-refractivity contribution is 5.95. The van der Waals surface area contributed by atoms with Gasteiger partial charge in [-0.25, -0.2) is 4.68 Å². The Morgan fingerprint density at radius 2 is 1.65 bits per heavy atom. The van der Waals surface area contributed by atoms with Gasteiger partial charge >= 0.3 is 0 Å². The summed E-state index contributed by atoms with van der Waals surface area (Å²) in [5, 5.41) is 4.41. The summed E-state index contributed by atoms with van der Waals surface area (Å²) < 4.78 is 1.90. The standard InChI is InChI=1S/C17H26N4O2/c1-14-13-15-20(11-6-12-21(15)18-14)17(23)8-7-16(22)19-9-4-2-3-5-10-19/h13H,2-12H2,1H3. The van der Waals surface area contributed by atoms with Crippen molar-refractivity contribution in [3.05, 3.63) is 11.8 Å². The van der Waals surface area contributed by atoms with Crippen molar-refractivity contribution in [3.8, 4) is 0 Å². The molecule has 23 heavy (non-hydrogen) atoms. The summed E-state index contributed by atoms with van der Waals surface area (Å²) in [5.74, 6) is 1.04. The molecule has 1 fully saturated rings. The Kier molecular flexibility index (Phi) is 4.98. The molecule has 3 heterocycles. The number of likely N-dealkylation sites (tertiary alicyclic amines) is 1. The number of anilines is 1. The fraction of sp³-hybridized carbons (Fsp3) is 0.706. The lowest BCUT2D eigenvalue weighted by Gasteiger charge is -2.28. The Morgan fingerprint density at radius 1 is 0.957 bits per heavy atom. The van der Waals surface area contributed by atoms with Crippen LogP contribution in [0.15, 0.2) is 6.07 Å². The number of amides is 2. The number of fused-ring (bicyclic) bond motifs is 1. The smallest absolute Gasteiger partial charge is 0.228 e. The average Bonchev–Trinajstić information content (AvgIpc) is 2.75. The highest BCUT2D eigenvalue weighted by atomic mass is 16.2. The van der Waals surface area contributed by atoms with E-state index in [1.807, 2.05) is 22.6 Å². The molecule has 2 aliphatic rings. The first-order valence-electron chi connectivity index (χ1n) is 8.78. The van der Waals surface area contributed by atoms with Crippen LogP contribution in [0.3, 0.4) is 0 Å². The molecule has 1 saturated heterocycles. The van der Waals surface area contributed by atoms with Gasteiger partial charge in [-0.1, -0.05) is 12.8 Å². The van der Waals surface area contributed by atoms with Gasteiger partial charge in [0.25, 0.3) is 0 Å². The number of aryl methyl sites for hydroxylation is 2. The summed E-state index contributed by atoms with van der Waals surface area (Å²) >= 11 is 0. The fourth-order valence-electron chi connectivity index (χ4n) is 3.49. The highest BCUT2D eigenvalue weighted by Crippen LogP contribution is 2.22. The predicted molar refractivity (Wildman–Crippen MR) is 88.2 cm³/mol. The number of rotatable bonds is 3. The maximum atomic E-state index is 12.5. The Morgan fingerprint density at radius 3 is 2.39 bits per heavy atom. The van der Waals surface area contributed by atoms with E-state index >= 15 is 0 Å². The number of nitrogens with zero attached hydrogens (tertiary/aromatic N) is 4. The van der Waals surface area contributed by atoms with Crippen LogP contribution in [-0.2, 0) is 16.1 Å². The lowest BCUT2D eigenvalue weighted by atomic mass is 10.2. The molecule has 0 bridgehead atoms. The molecule has 0 radical (unpaired) electrons. The molecule has 0 spiro atoms. The van der Waals surface area contributed by atoms with Crippen LogP contribution in [0.5, 0.6) is 0 Å². The maximum Gasteiger partial charge on any atom is 0.228 e. The van der Waals surface area contributed by atoms with Crippen LogP contribution in [0.25, 0.3) is 0 Å². The van der Waals surface area contributed by atoms with Crippen molar-refractivity contribution in [2.24, 2.45) is 0 Å². The molecule has 0 saturated carbocycles. The summed E-state index contributed by atoms with van der Waals surface area (Å²) in [7, 11) is 0. The van der Waals surface area contributed by atoms with Crippen LogP contribution >= 0.6 is 0 Å². The molecule has 6 heteroatoms. The first-order valence-corrected chi connectivity index (χ1v) is 8.78. The third kappa shape index (κ3) is 3.74.